The van der Waals surface area contributed by atoms with E-state index in [1.165, 1.54) is 11.3 Å². The smallest absolute Gasteiger partial charge is 0.431 e. The van der Waals surface area contributed by atoms with Crippen molar-refractivity contribution in [1.29, 1.82) is 0 Å². The topological polar surface area (TPSA) is 103 Å². The molecule has 1 aromatic heterocycles. The number of nitrogens with one attached hydrogen (secondary N) is 1. The summed E-state index contributed by atoms with van der Waals surface area (Å²) in [5, 5.41) is 8.69. The minimum Gasteiger partial charge on any atom is -0.493 e. The van der Waals surface area contributed by atoms with Gasteiger partial charge in [-0.05, 0) is 61.4 Å². The maximum absolute atomic E-state index is 12.6. The van der Waals surface area contributed by atoms with Gasteiger partial charge in [0.05, 0.1) is 26.5 Å². The number of hydrogen-bond acceptors (Lipinski definition) is 7. The predicted octanol–water partition coefficient (Wildman–Crippen LogP) is 5.07. The number of nitrogens with zero attached hydrogens (tertiary/aromatic N) is 2. The summed E-state index contributed by atoms with van der Waals surface area (Å²) in [6, 6.07) is 15.9. The van der Waals surface area contributed by atoms with Crippen molar-refractivity contribution in [1.82, 2.24) is 5.01 Å². The molecule has 2 aromatic carbocycles. The van der Waals surface area contributed by atoms with Crippen LogP contribution in [0.3, 0.4) is 0 Å². The number of rotatable bonds is 9. The predicted molar refractivity (Wildman–Crippen MR) is 130 cm³/mol. The zero-order valence-corrected chi connectivity index (χ0v) is 19.8. The van der Waals surface area contributed by atoms with Crippen LogP contribution in [0.15, 0.2) is 70.4 Å². The minimum atomic E-state index is -0.520. The minimum absolute atomic E-state index is 0.208. The van der Waals surface area contributed by atoms with Crippen molar-refractivity contribution in [3.63, 3.8) is 0 Å². The second-order valence-electron chi connectivity index (χ2n) is 7.75. The molecule has 0 saturated heterocycles. The number of carbonyl (C=O) groups is 2. The van der Waals surface area contributed by atoms with Gasteiger partial charge in [-0.15, -0.1) is 0 Å². The maximum Gasteiger partial charge on any atom is 0.431 e. The Bertz CT molecular complexity index is 1200. The molecule has 3 aromatic rings. The fourth-order valence-corrected chi connectivity index (χ4v) is 3.66. The number of ether oxygens (including phenoxy) is 3. The molecule has 0 radical (unpaired) electrons. The monoisotopic (exact) mass is 477 g/mol. The molecule has 9 nitrogen and oxygen atoms in total. The van der Waals surface area contributed by atoms with Crippen molar-refractivity contribution in [2.24, 2.45) is 5.10 Å². The first kappa shape index (κ1) is 23.9. The van der Waals surface area contributed by atoms with Crippen LogP contribution in [-0.4, -0.2) is 42.5 Å². The Kier molecular flexibility index (Phi) is 7.35. The SMILES string of the molecule is CCOc1ccc(C2=NN(Cc3ccc(NC(=O)c4ccco4)cc3)C(=O)OC2CC)cc1OC. The highest BCUT2D eigenvalue weighted by Gasteiger charge is 2.31. The van der Waals surface area contributed by atoms with Crippen LogP contribution in [0.25, 0.3) is 0 Å². The highest BCUT2D eigenvalue weighted by molar-refractivity contribution is 6.06. The average Bonchev–Trinajstić information content (AvgIpc) is 3.42. The third-order valence-electron chi connectivity index (χ3n) is 5.41. The van der Waals surface area contributed by atoms with Gasteiger partial charge in [-0.1, -0.05) is 19.1 Å². The lowest BCUT2D eigenvalue weighted by atomic mass is 10.0. The first-order chi connectivity index (χ1) is 17.0. The summed E-state index contributed by atoms with van der Waals surface area (Å²) >= 11 is 0. The van der Waals surface area contributed by atoms with Gasteiger partial charge in [0.2, 0.25) is 0 Å². The third-order valence-corrected chi connectivity index (χ3v) is 5.41. The van der Waals surface area contributed by atoms with E-state index < -0.39 is 12.2 Å². The first-order valence-corrected chi connectivity index (χ1v) is 11.3. The Hall–Kier alpha value is -4.27. The molecule has 1 unspecified atom stereocenters. The lowest BCUT2D eigenvalue weighted by Crippen LogP contribution is -2.41. The van der Waals surface area contributed by atoms with Gasteiger partial charge < -0.3 is 23.9 Å². The largest absolute Gasteiger partial charge is 0.493 e. The van der Waals surface area contributed by atoms with Crippen LogP contribution in [0.2, 0.25) is 0 Å². The Morgan fingerprint density at radius 1 is 1.11 bits per heavy atom. The fraction of sp³-hybridized carbons (Fsp3) is 0.269. The summed E-state index contributed by atoms with van der Waals surface area (Å²) in [6.07, 6.45) is 1.03. The Labute approximate surface area is 203 Å². The second kappa shape index (κ2) is 10.8. The summed E-state index contributed by atoms with van der Waals surface area (Å²) in [4.78, 5) is 24.8. The van der Waals surface area contributed by atoms with Crippen molar-refractivity contribution in [3.8, 4) is 11.5 Å². The van der Waals surface area contributed by atoms with Crippen molar-refractivity contribution < 1.29 is 28.2 Å². The molecule has 0 saturated carbocycles. The highest BCUT2D eigenvalue weighted by atomic mass is 16.6. The molecule has 35 heavy (non-hydrogen) atoms. The Morgan fingerprint density at radius 3 is 2.57 bits per heavy atom. The van der Waals surface area contributed by atoms with Gasteiger partial charge in [-0.2, -0.15) is 10.1 Å². The molecule has 1 N–H and O–H groups in total. The molecular weight excluding hydrogens is 450 g/mol. The van der Waals surface area contributed by atoms with Gasteiger partial charge in [0, 0.05) is 11.3 Å². The van der Waals surface area contributed by atoms with Gasteiger partial charge in [-0.25, -0.2) is 4.79 Å². The van der Waals surface area contributed by atoms with Crippen molar-refractivity contribution in [2.75, 3.05) is 19.0 Å². The average molecular weight is 478 g/mol. The Balaban J connectivity index is 1.52. The number of methoxy groups -OCH3 is 1. The van der Waals surface area contributed by atoms with Gasteiger partial charge >= 0.3 is 6.09 Å². The number of benzene rings is 2. The third kappa shape index (κ3) is 5.46. The standard InChI is InChI=1S/C26H27N3O6/c1-4-20-24(18-10-13-21(33-5-2)23(15-18)32-3)28-29(26(31)35-20)16-17-8-11-19(12-9-17)27-25(30)22-7-6-14-34-22/h6-15,20H,4-5,16H2,1-3H3,(H,27,30). The molecule has 0 fully saturated rings. The zero-order chi connectivity index (χ0) is 24.8. The second-order valence-corrected chi connectivity index (χ2v) is 7.75. The molecule has 0 spiro atoms. The molecule has 2 amide bonds. The summed E-state index contributed by atoms with van der Waals surface area (Å²) < 4.78 is 21.8. The van der Waals surface area contributed by atoms with E-state index in [0.717, 1.165) is 11.1 Å². The van der Waals surface area contributed by atoms with Gasteiger partial charge in [-0.3, -0.25) is 4.79 Å². The number of hydrazone groups is 1. The van der Waals surface area contributed by atoms with E-state index in [0.29, 0.717) is 35.9 Å². The van der Waals surface area contributed by atoms with Crippen LogP contribution in [-0.2, 0) is 11.3 Å². The number of carbonyl (C=O) groups excluding carboxylic acids is 2. The highest BCUT2D eigenvalue weighted by Crippen LogP contribution is 2.30. The lowest BCUT2D eigenvalue weighted by Gasteiger charge is -2.29. The molecule has 4 rings (SSSR count). The molecule has 2 heterocycles. The molecule has 1 aliphatic rings. The van der Waals surface area contributed by atoms with E-state index in [-0.39, 0.29) is 18.2 Å². The summed E-state index contributed by atoms with van der Waals surface area (Å²) in [5.74, 6) is 1.10. The normalized spacial score (nSPS) is 15.3. The van der Waals surface area contributed by atoms with Crippen LogP contribution in [0.4, 0.5) is 10.5 Å². The molecule has 1 aliphatic heterocycles. The Morgan fingerprint density at radius 2 is 1.91 bits per heavy atom. The van der Waals surface area contributed by atoms with E-state index >= 15 is 0 Å². The molecule has 0 bridgehead atoms. The van der Waals surface area contributed by atoms with Gasteiger partial charge in [0.1, 0.15) is 11.8 Å². The fourth-order valence-electron chi connectivity index (χ4n) is 3.66. The summed E-state index contributed by atoms with van der Waals surface area (Å²) in [7, 11) is 1.58. The molecular formula is C26H27N3O6. The van der Waals surface area contributed by atoms with Crippen LogP contribution in [0, 0.1) is 0 Å². The molecule has 182 valence electrons. The van der Waals surface area contributed by atoms with Crippen LogP contribution in [0.1, 0.15) is 41.9 Å². The van der Waals surface area contributed by atoms with Crippen molar-refractivity contribution in [3.05, 3.63) is 77.7 Å². The van der Waals surface area contributed by atoms with Crippen LogP contribution >= 0.6 is 0 Å². The molecule has 1 atom stereocenters. The summed E-state index contributed by atoms with van der Waals surface area (Å²) in [6.45, 7) is 4.57. The summed E-state index contributed by atoms with van der Waals surface area (Å²) in [5.41, 5.74) is 2.84. The van der Waals surface area contributed by atoms with E-state index in [9.17, 15) is 9.59 Å². The quantitative estimate of drug-likeness (QED) is 0.461. The van der Waals surface area contributed by atoms with E-state index in [4.69, 9.17) is 18.6 Å². The maximum atomic E-state index is 12.6. The number of anilines is 1. The lowest BCUT2D eigenvalue weighted by molar-refractivity contribution is 0.0712. The van der Waals surface area contributed by atoms with Crippen LogP contribution in [0.5, 0.6) is 11.5 Å². The van der Waals surface area contributed by atoms with E-state index in [1.807, 2.05) is 44.2 Å². The number of furan rings is 1. The number of hydrogen-bond donors (Lipinski definition) is 1. The van der Waals surface area contributed by atoms with Gasteiger partial charge in [0.15, 0.2) is 17.3 Å². The van der Waals surface area contributed by atoms with Crippen LogP contribution < -0.4 is 14.8 Å². The molecule has 9 heteroatoms. The number of amides is 2. The van der Waals surface area contributed by atoms with Gasteiger partial charge in [0.25, 0.3) is 5.91 Å². The van der Waals surface area contributed by atoms with E-state index in [2.05, 4.69) is 10.4 Å². The van der Waals surface area contributed by atoms with E-state index in [1.54, 1.807) is 31.4 Å². The zero-order valence-electron chi connectivity index (χ0n) is 19.8. The number of cyclic esters (lactones) is 1. The van der Waals surface area contributed by atoms with Crippen molar-refractivity contribution >= 4 is 23.4 Å². The first-order valence-electron chi connectivity index (χ1n) is 11.3. The van der Waals surface area contributed by atoms with Crippen molar-refractivity contribution in [2.45, 2.75) is 32.9 Å². The molecule has 0 aliphatic carbocycles.